The van der Waals surface area contributed by atoms with Gasteiger partial charge in [-0.2, -0.15) is 9.97 Å². The molecule has 1 saturated heterocycles. The maximum Gasteiger partial charge on any atom is 0.320 e. The highest BCUT2D eigenvalue weighted by Gasteiger charge is 2.20. The van der Waals surface area contributed by atoms with Gasteiger partial charge in [-0.1, -0.05) is 6.08 Å². The lowest BCUT2D eigenvalue weighted by atomic mass is 10.3. The van der Waals surface area contributed by atoms with Gasteiger partial charge in [0.25, 0.3) is 0 Å². The fraction of sp³-hybridized carbons (Fsp3) is 0.462. The standard InChI is InChI=1S/C13H18N6O/c1-3-6-19-9-15-10-11(18-7-4-14-5-8-18)16-13(20-2)17-12(10)19/h3,9,14H,1,4-8H2,2H3. The molecule has 7 nitrogen and oxygen atoms in total. The molecule has 0 aromatic carbocycles. The van der Waals surface area contributed by atoms with E-state index >= 15 is 0 Å². The van der Waals surface area contributed by atoms with Gasteiger partial charge in [0.1, 0.15) is 0 Å². The summed E-state index contributed by atoms with van der Waals surface area (Å²) >= 11 is 0. The molecule has 0 saturated carbocycles. The van der Waals surface area contributed by atoms with Crippen molar-refractivity contribution in [1.29, 1.82) is 0 Å². The van der Waals surface area contributed by atoms with Crippen molar-refractivity contribution in [3.8, 4) is 6.01 Å². The molecule has 1 N–H and O–H groups in total. The number of aromatic nitrogens is 4. The number of fused-ring (bicyclic) bond motifs is 1. The van der Waals surface area contributed by atoms with E-state index in [-0.39, 0.29) is 0 Å². The molecule has 1 fully saturated rings. The number of imidazole rings is 1. The van der Waals surface area contributed by atoms with Crippen molar-refractivity contribution in [3.05, 3.63) is 19.0 Å². The Morgan fingerprint density at radius 2 is 2.20 bits per heavy atom. The highest BCUT2D eigenvalue weighted by atomic mass is 16.5. The molecule has 0 radical (unpaired) electrons. The number of rotatable bonds is 4. The Labute approximate surface area is 117 Å². The van der Waals surface area contributed by atoms with E-state index in [1.807, 2.05) is 10.6 Å². The van der Waals surface area contributed by atoms with Crippen LogP contribution >= 0.6 is 0 Å². The van der Waals surface area contributed by atoms with Crippen molar-refractivity contribution in [3.63, 3.8) is 0 Å². The number of piperazine rings is 1. The molecule has 1 aliphatic rings. The second kappa shape index (κ2) is 5.46. The molecule has 0 aliphatic carbocycles. The fourth-order valence-corrected chi connectivity index (χ4v) is 2.37. The van der Waals surface area contributed by atoms with Gasteiger partial charge >= 0.3 is 6.01 Å². The van der Waals surface area contributed by atoms with Crippen LogP contribution in [0.5, 0.6) is 6.01 Å². The normalized spacial score (nSPS) is 15.6. The molecular formula is C13H18N6O. The first-order valence-corrected chi connectivity index (χ1v) is 6.67. The van der Waals surface area contributed by atoms with Crippen LogP contribution in [0, 0.1) is 0 Å². The molecule has 2 aromatic heterocycles. The topological polar surface area (TPSA) is 68.1 Å². The maximum absolute atomic E-state index is 5.22. The summed E-state index contributed by atoms with van der Waals surface area (Å²) in [5, 5.41) is 3.33. The lowest BCUT2D eigenvalue weighted by Crippen LogP contribution is -2.44. The summed E-state index contributed by atoms with van der Waals surface area (Å²) < 4.78 is 7.17. The van der Waals surface area contributed by atoms with Crippen LogP contribution in [0.15, 0.2) is 19.0 Å². The highest BCUT2D eigenvalue weighted by molar-refractivity contribution is 5.84. The zero-order valence-corrected chi connectivity index (χ0v) is 11.5. The maximum atomic E-state index is 5.22. The lowest BCUT2D eigenvalue weighted by Gasteiger charge is -2.28. The lowest BCUT2D eigenvalue weighted by molar-refractivity contribution is 0.381. The van der Waals surface area contributed by atoms with E-state index in [9.17, 15) is 0 Å². The van der Waals surface area contributed by atoms with Crippen molar-refractivity contribution in [2.45, 2.75) is 6.54 Å². The molecule has 0 atom stereocenters. The van der Waals surface area contributed by atoms with Crippen LogP contribution in [-0.4, -0.2) is 52.8 Å². The van der Waals surface area contributed by atoms with Crippen LogP contribution in [0.25, 0.3) is 11.2 Å². The van der Waals surface area contributed by atoms with Crippen molar-refractivity contribution in [1.82, 2.24) is 24.8 Å². The second-order valence-electron chi connectivity index (χ2n) is 4.63. The van der Waals surface area contributed by atoms with E-state index in [4.69, 9.17) is 4.74 Å². The summed E-state index contributed by atoms with van der Waals surface area (Å²) in [6.45, 7) is 8.12. The van der Waals surface area contributed by atoms with Gasteiger partial charge in [-0.3, -0.25) is 0 Å². The quantitative estimate of drug-likeness (QED) is 0.816. The van der Waals surface area contributed by atoms with E-state index in [0.717, 1.165) is 43.2 Å². The SMILES string of the molecule is C=CCn1cnc2c(N3CCNCC3)nc(OC)nc21. The molecule has 0 amide bonds. The first-order valence-electron chi connectivity index (χ1n) is 6.67. The molecule has 0 spiro atoms. The van der Waals surface area contributed by atoms with Gasteiger partial charge in [0.15, 0.2) is 17.0 Å². The molecule has 106 valence electrons. The summed E-state index contributed by atoms with van der Waals surface area (Å²) in [4.78, 5) is 15.6. The van der Waals surface area contributed by atoms with E-state index in [0.29, 0.717) is 12.6 Å². The number of nitrogens with one attached hydrogen (secondary N) is 1. The predicted octanol–water partition coefficient (Wildman–Crippen LogP) is 0.431. The Balaban J connectivity index is 2.11. The summed E-state index contributed by atoms with van der Waals surface area (Å²) in [5.74, 6) is 0.844. The smallest absolute Gasteiger partial charge is 0.320 e. The largest absolute Gasteiger partial charge is 0.467 e. The van der Waals surface area contributed by atoms with Gasteiger partial charge < -0.3 is 19.5 Å². The summed E-state index contributed by atoms with van der Waals surface area (Å²) in [7, 11) is 1.58. The first-order chi connectivity index (χ1) is 9.83. The average molecular weight is 274 g/mol. The summed E-state index contributed by atoms with van der Waals surface area (Å²) in [6.07, 6.45) is 3.59. The van der Waals surface area contributed by atoms with Crippen LogP contribution in [-0.2, 0) is 6.54 Å². The molecule has 2 aromatic rings. The van der Waals surface area contributed by atoms with E-state index < -0.39 is 0 Å². The van der Waals surface area contributed by atoms with Gasteiger partial charge in [0.2, 0.25) is 0 Å². The van der Waals surface area contributed by atoms with Crippen LogP contribution in [0.4, 0.5) is 5.82 Å². The Bertz CT molecular complexity index is 617. The number of methoxy groups -OCH3 is 1. The van der Waals surface area contributed by atoms with Crippen LogP contribution in [0.3, 0.4) is 0 Å². The van der Waals surface area contributed by atoms with Gasteiger partial charge in [-0.25, -0.2) is 4.98 Å². The molecule has 3 heterocycles. The van der Waals surface area contributed by atoms with Crippen molar-refractivity contribution >= 4 is 17.0 Å². The van der Waals surface area contributed by atoms with E-state index in [1.54, 1.807) is 13.4 Å². The van der Waals surface area contributed by atoms with Crippen molar-refractivity contribution in [2.75, 3.05) is 38.2 Å². The molecule has 1 aliphatic heterocycles. The Kier molecular flexibility index (Phi) is 3.51. The van der Waals surface area contributed by atoms with Gasteiger partial charge in [0.05, 0.1) is 13.4 Å². The molecule has 0 bridgehead atoms. The summed E-state index contributed by atoms with van der Waals surface area (Å²) in [6, 6.07) is 0.372. The predicted molar refractivity (Wildman–Crippen MR) is 77.2 cm³/mol. The van der Waals surface area contributed by atoms with Gasteiger partial charge in [0, 0.05) is 32.7 Å². The number of hydrogen-bond donors (Lipinski definition) is 1. The fourth-order valence-electron chi connectivity index (χ4n) is 2.37. The number of allylic oxidation sites excluding steroid dienone is 1. The molecular weight excluding hydrogens is 256 g/mol. The Morgan fingerprint density at radius 1 is 1.40 bits per heavy atom. The number of ether oxygens (including phenoxy) is 1. The van der Waals surface area contributed by atoms with E-state index in [1.165, 1.54) is 0 Å². The molecule has 3 rings (SSSR count). The van der Waals surface area contributed by atoms with Crippen LogP contribution in [0.2, 0.25) is 0 Å². The van der Waals surface area contributed by atoms with Crippen LogP contribution in [0.1, 0.15) is 0 Å². The zero-order chi connectivity index (χ0) is 13.9. The molecule has 7 heteroatoms. The Morgan fingerprint density at radius 3 is 2.90 bits per heavy atom. The Hall–Kier alpha value is -2.15. The van der Waals surface area contributed by atoms with E-state index in [2.05, 4.69) is 31.7 Å². The number of hydrogen-bond acceptors (Lipinski definition) is 6. The number of nitrogens with zero attached hydrogens (tertiary/aromatic N) is 5. The minimum Gasteiger partial charge on any atom is -0.467 e. The monoisotopic (exact) mass is 274 g/mol. The zero-order valence-electron chi connectivity index (χ0n) is 11.5. The second-order valence-corrected chi connectivity index (χ2v) is 4.63. The third-order valence-electron chi connectivity index (χ3n) is 3.35. The van der Waals surface area contributed by atoms with Gasteiger partial charge in [-0.15, -0.1) is 6.58 Å². The van der Waals surface area contributed by atoms with Crippen molar-refractivity contribution in [2.24, 2.45) is 0 Å². The van der Waals surface area contributed by atoms with Crippen molar-refractivity contribution < 1.29 is 4.74 Å². The minimum atomic E-state index is 0.372. The minimum absolute atomic E-state index is 0.372. The van der Waals surface area contributed by atoms with Gasteiger partial charge in [-0.05, 0) is 0 Å². The first kappa shape index (κ1) is 12.9. The number of anilines is 1. The molecule has 0 unspecified atom stereocenters. The molecule has 20 heavy (non-hydrogen) atoms. The van der Waals surface area contributed by atoms with Crippen LogP contribution < -0.4 is 15.0 Å². The average Bonchev–Trinajstić information content (AvgIpc) is 2.91. The summed E-state index contributed by atoms with van der Waals surface area (Å²) in [5.41, 5.74) is 1.60. The third kappa shape index (κ3) is 2.20. The third-order valence-corrected chi connectivity index (χ3v) is 3.35. The highest BCUT2D eigenvalue weighted by Crippen LogP contribution is 2.25.